The molecule has 0 saturated carbocycles. The third kappa shape index (κ3) is 4.09. The zero-order valence-electron chi connectivity index (χ0n) is 13.9. The van der Waals surface area contributed by atoms with E-state index in [0.717, 1.165) is 5.56 Å². The summed E-state index contributed by atoms with van der Waals surface area (Å²) < 4.78 is 14.9. The van der Waals surface area contributed by atoms with E-state index in [0.29, 0.717) is 27.0 Å². The van der Waals surface area contributed by atoms with E-state index in [1.807, 2.05) is 0 Å². The molecule has 0 fully saturated rings. The first-order chi connectivity index (χ1) is 12.5. The van der Waals surface area contributed by atoms with Gasteiger partial charge in [-0.3, -0.25) is 9.48 Å². The van der Waals surface area contributed by atoms with Crippen molar-refractivity contribution in [3.63, 3.8) is 0 Å². The summed E-state index contributed by atoms with van der Waals surface area (Å²) in [6.45, 7) is 0.238. The topological polar surface area (TPSA) is 85.8 Å². The van der Waals surface area contributed by atoms with Gasteiger partial charge in [-0.1, -0.05) is 23.7 Å². The summed E-state index contributed by atoms with van der Waals surface area (Å²) in [6.07, 6.45) is 3.47. The first kappa shape index (κ1) is 18.5. The highest BCUT2D eigenvalue weighted by Gasteiger charge is 2.19. The van der Waals surface area contributed by atoms with Crippen LogP contribution in [-0.2, 0) is 13.5 Å². The number of aryl methyl sites for hydroxylation is 1. The number of benzene rings is 1. The Morgan fingerprint density at radius 1 is 1.46 bits per heavy atom. The number of nitrogens with one attached hydrogen (secondary N) is 1. The van der Waals surface area contributed by atoms with Crippen LogP contribution in [0.1, 0.15) is 15.2 Å². The minimum atomic E-state index is -0.315. The van der Waals surface area contributed by atoms with Crippen LogP contribution in [0.15, 0.2) is 36.7 Å². The number of carbonyl (C=O) groups is 1. The van der Waals surface area contributed by atoms with E-state index in [9.17, 15) is 9.18 Å². The largest absolute Gasteiger partial charge is 0.347 e. The van der Waals surface area contributed by atoms with Crippen LogP contribution in [0, 0.1) is 5.82 Å². The molecule has 0 bridgehead atoms. The zero-order chi connectivity index (χ0) is 18.7. The van der Waals surface area contributed by atoms with Crippen molar-refractivity contribution >= 4 is 28.8 Å². The highest BCUT2D eigenvalue weighted by molar-refractivity contribution is 7.16. The van der Waals surface area contributed by atoms with Gasteiger partial charge in [0.15, 0.2) is 0 Å². The molecule has 0 radical (unpaired) electrons. The average Bonchev–Trinajstić information content (AvgIpc) is 3.21. The number of thiazole rings is 1. The molecule has 0 aliphatic rings. The quantitative estimate of drug-likeness (QED) is 0.674. The van der Waals surface area contributed by atoms with Gasteiger partial charge in [0.2, 0.25) is 0 Å². The molecule has 0 aliphatic heterocycles. The van der Waals surface area contributed by atoms with Crippen molar-refractivity contribution < 1.29 is 9.18 Å². The van der Waals surface area contributed by atoms with Gasteiger partial charge in [-0.05, 0) is 24.1 Å². The van der Waals surface area contributed by atoms with Crippen molar-refractivity contribution in [2.45, 2.75) is 12.5 Å². The lowest BCUT2D eigenvalue weighted by atomic mass is 10.1. The van der Waals surface area contributed by atoms with Crippen LogP contribution in [-0.4, -0.2) is 33.3 Å². The van der Waals surface area contributed by atoms with E-state index in [2.05, 4.69) is 15.4 Å². The lowest BCUT2D eigenvalue weighted by Crippen LogP contribution is -2.41. The molecule has 6 nitrogen and oxygen atoms in total. The van der Waals surface area contributed by atoms with Crippen molar-refractivity contribution in [1.29, 1.82) is 0 Å². The molecule has 26 heavy (non-hydrogen) atoms. The SMILES string of the molecule is Cn1ncc(Cl)c1-c1ncc(C(=O)N[C@H](CN)Cc2cccc(F)c2)s1. The Kier molecular flexibility index (Phi) is 5.65. The van der Waals surface area contributed by atoms with Crippen LogP contribution in [0.4, 0.5) is 4.39 Å². The molecule has 3 aromatic rings. The Bertz CT molecular complexity index is 906. The molecule has 2 aromatic heterocycles. The van der Waals surface area contributed by atoms with Crippen molar-refractivity contribution in [2.24, 2.45) is 12.8 Å². The van der Waals surface area contributed by atoms with Crippen LogP contribution >= 0.6 is 22.9 Å². The summed E-state index contributed by atoms with van der Waals surface area (Å²) in [7, 11) is 1.76. The maximum Gasteiger partial charge on any atom is 0.263 e. The van der Waals surface area contributed by atoms with E-state index < -0.39 is 0 Å². The van der Waals surface area contributed by atoms with Gasteiger partial charge in [0.05, 0.1) is 17.4 Å². The van der Waals surface area contributed by atoms with E-state index in [1.54, 1.807) is 23.9 Å². The smallest absolute Gasteiger partial charge is 0.263 e. The number of amides is 1. The molecule has 1 amide bonds. The van der Waals surface area contributed by atoms with Gasteiger partial charge in [0, 0.05) is 19.6 Å². The minimum Gasteiger partial charge on any atom is -0.347 e. The van der Waals surface area contributed by atoms with Crippen molar-refractivity contribution in [3.8, 4) is 10.7 Å². The Morgan fingerprint density at radius 2 is 2.27 bits per heavy atom. The van der Waals surface area contributed by atoms with Gasteiger partial charge in [0.1, 0.15) is 21.4 Å². The maximum absolute atomic E-state index is 13.3. The number of nitrogens with zero attached hydrogens (tertiary/aromatic N) is 3. The fourth-order valence-corrected chi connectivity index (χ4v) is 3.76. The third-order valence-electron chi connectivity index (χ3n) is 3.82. The molecule has 3 rings (SSSR count). The Hall–Kier alpha value is -2.29. The van der Waals surface area contributed by atoms with Gasteiger partial charge < -0.3 is 11.1 Å². The fraction of sp³-hybridized carbons (Fsp3) is 0.235. The summed E-state index contributed by atoms with van der Waals surface area (Å²) in [5, 5.41) is 8.01. The molecular weight excluding hydrogens is 377 g/mol. The van der Waals surface area contributed by atoms with Crippen LogP contribution < -0.4 is 11.1 Å². The number of halogens is 2. The number of aromatic nitrogens is 3. The Labute approximate surface area is 158 Å². The molecular formula is C17H17ClFN5OS. The second-order valence-electron chi connectivity index (χ2n) is 5.73. The van der Waals surface area contributed by atoms with E-state index in [-0.39, 0.29) is 24.3 Å². The molecule has 1 atom stereocenters. The normalized spacial score (nSPS) is 12.2. The summed E-state index contributed by atoms with van der Waals surface area (Å²) in [5.41, 5.74) is 7.19. The van der Waals surface area contributed by atoms with Crippen molar-refractivity contribution in [3.05, 3.63) is 57.9 Å². The van der Waals surface area contributed by atoms with Gasteiger partial charge in [0.25, 0.3) is 5.91 Å². The number of hydrogen-bond donors (Lipinski definition) is 2. The third-order valence-corrected chi connectivity index (χ3v) is 5.10. The lowest BCUT2D eigenvalue weighted by molar-refractivity contribution is 0.0942. The summed E-state index contributed by atoms with van der Waals surface area (Å²) in [4.78, 5) is 17.2. The van der Waals surface area contributed by atoms with E-state index in [1.165, 1.54) is 35.9 Å². The molecule has 136 valence electrons. The highest BCUT2D eigenvalue weighted by atomic mass is 35.5. The van der Waals surface area contributed by atoms with Crippen molar-refractivity contribution in [2.75, 3.05) is 6.54 Å². The molecule has 0 unspecified atom stereocenters. The lowest BCUT2D eigenvalue weighted by Gasteiger charge is -2.16. The van der Waals surface area contributed by atoms with E-state index >= 15 is 0 Å². The molecule has 3 N–H and O–H groups in total. The second kappa shape index (κ2) is 7.94. The first-order valence-corrected chi connectivity index (χ1v) is 9.06. The molecule has 9 heteroatoms. The predicted molar refractivity (Wildman–Crippen MR) is 99.7 cm³/mol. The van der Waals surface area contributed by atoms with Gasteiger partial charge in [-0.2, -0.15) is 5.10 Å². The standard InChI is InChI=1S/C17H17ClFN5OS/c1-24-15(13(18)8-22-24)17-21-9-14(26-17)16(25)23-12(7-20)6-10-3-2-4-11(19)5-10/h2-5,8-9,12H,6-7,20H2,1H3,(H,23,25)/t12-/m0/s1. The maximum atomic E-state index is 13.3. The van der Waals surface area contributed by atoms with Crippen LogP contribution in [0.25, 0.3) is 10.7 Å². The van der Waals surface area contributed by atoms with Gasteiger partial charge in [-0.25, -0.2) is 9.37 Å². The Morgan fingerprint density at radius 3 is 2.92 bits per heavy atom. The summed E-state index contributed by atoms with van der Waals surface area (Å²) >= 11 is 7.33. The van der Waals surface area contributed by atoms with Gasteiger partial charge in [-0.15, -0.1) is 11.3 Å². The molecule has 0 aliphatic carbocycles. The number of nitrogens with two attached hydrogens (primary N) is 1. The van der Waals surface area contributed by atoms with Crippen LogP contribution in [0.2, 0.25) is 5.02 Å². The number of hydrogen-bond acceptors (Lipinski definition) is 5. The van der Waals surface area contributed by atoms with Crippen LogP contribution in [0.5, 0.6) is 0 Å². The predicted octanol–water partition coefficient (Wildman–Crippen LogP) is 2.64. The number of rotatable bonds is 6. The molecule has 1 aromatic carbocycles. The van der Waals surface area contributed by atoms with Crippen LogP contribution in [0.3, 0.4) is 0 Å². The molecule has 2 heterocycles. The number of carbonyl (C=O) groups excluding carboxylic acids is 1. The molecule has 0 spiro atoms. The molecule has 0 saturated heterocycles. The monoisotopic (exact) mass is 393 g/mol. The first-order valence-electron chi connectivity index (χ1n) is 7.87. The minimum absolute atomic E-state index is 0.238. The Balaban J connectivity index is 1.71. The average molecular weight is 394 g/mol. The van der Waals surface area contributed by atoms with Crippen molar-refractivity contribution in [1.82, 2.24) is 20.1 Å². The zero-order valence-corrected chi connectivity index (χ0v) is 15.5. The summed E-state index contributed by atoms with van der Waals surface area (Å²) in [6, 6.07) is 5.93. The summed E-state index contributed by atoms with van der Waals surface area (Å²) in [5.74, 6) is -0.594. The highest BCUT2D eigenvalue weighted by Crippen LogP contribution is 2.30. The fourth-order valence-electron chi connectivity index (χ4n) is 2.54. The van der Waals surface area contributed by atoms with E-state index in [4.69, 9.17) is 17.3 Å². The van der Waals surface area contributed by atoms with Gasteiger partial charge >= 0.3 is 0 Å². The second-order valence-corrected chi connectivity index (χ2v) is 7.17.